The number of ether oxygens (including phenoxy) is 1. The highest BCUT2D eigenvalue weighted by Crippen LogP contribution is 2.40. The number of hydrogen-bond acceptors (Lipinski definition) is 2. The van der Waals surface area contributed by atoms with Crippen LogP contribution in [0.2, 0.25) is 0 Å². The van der Waals surface area contributed by atoms with Crippen molar-refractivity contribution in [1.82, 2.24) is 0 Å². The first-order chi connectivity index (χ1) is 9.75. The molecule has 0 amide bonds. The zero-order valence-corrected chi connectivity index (χ0v) is 11.3. The Morgan fingerprint density at radius 1 is 1.19 bits per heavy atom. The first kappa shape index (κ1) is 14.8. The Morgan fingerprint density at radius 3 is 2.33 bits per heavy atom. The van der Waals surface area contributed by atoms with Crippen LogP contribution < -0.4 is 0 Å². The lowest BCUT2D eigenvalue weighted by Crippen LogP contribution is -2.42. The Bertz CT molecular complexity index is 529. The van der Waals surface area contributed by atoms with E-state index in [4.69, 9.17) is 4.74 Å². The molecule has 2 unspecified atom stereocenters. The monoisotopic (exact) mass is 304 g/mol. The van der Waals surface area contributed by atoms with Crippen molar-refractivity contribution in [2.75, 3.05) is 0 Å². The summed E-state index contributed by atoms with van der Waals surface area (Å²) < 4.78 is 57.0. The van der Waals surface area contributed by atoms with Gasteiger partial charge in [0.2, 0.25) is 0 Å². The number of benzene rings is 1. The van der Waals surface area contributed by atoms with Crippen molar-refractivity contribution >= 4 is 0 Å². The predicted molar refractivity (Wildman–Crippen MR) is 67.2 cm³/mol. The molecule has 2 aliphatic rings. The summed E-state index contributed by atoms with van der Waals surface area (Å²) >= 11 is 0. The number of halogens is 4. The summed E-state index contributed by atoms with van der Waals surface area (Å²) in [6.45, 7) is 0. The lowest BCUT2D eigenvalue weighted by atomic mass is 9.84. The van der Waals surface area contributed by atoms with E-state index in [1.807, 2.05) is 0 Å². The Hall–Kier alpha value is -1.14. The highest BCUT2D eigenvalue weighted by atomic mass is 19.4. The summed E-state index contributed by atoms with van der Waals surface area (Å²) in [6, 6.07) is 2.47. The van der Waals surface area contributed by atoms with Crippen LogP contribution >= 0.6 is 0 Å². The molecule has 2 bridgehead atoms. The van der Waals surface area contributed by atoms with Crippen LogP contribution in [0.5, 0.6) is 0 Å². The third kappa shape index (κ3) is 3.06. The van der Waals surface area contributed by atoms with Crippen LogP contribution in [0.3, 0.4) is 0 Å². The highest BCUT2D eigenvalue weighted by molar-refractivity contribution is 5.27. The molecule has 116 valence electrons. The fraction of sp³-hybridized carbons (Fsp3) is 0.600. The van der Waals surface area contributed by atoms with Crippen molar-refractivity contribution in [2.24, 2.45) is 0 Å². The Labute approximate surface area is 119 Å². The van der Waals surface area contributed by atoms with Crippen molar-refractivity contribution in [2.45, 2.75) is 56.1 Å². The second-order valence-corrected chi connectivity index (χ2v) is 6.07. The summed E-state index contributed by atoms with van der Waals surface area (Å²) in [5, 5.41) is 10.6. The maximum Gasteiger partial charge on any atom is 0.416 e. The third-order valence-corrected chi connectivity index (χ3v) is 4.31. The molecule has 1 N–H and O–H groups in total. The molecule has 2 heterocycles. The topological polar surface area (TPSA) is 29.5 Å². The van der Waals surface area contributed by atoms with E-state index in [1.54, 1.807) is 0 Å². The Morgan fingerprint density at radius 2 is 1.81 bits per heavy atom. The van der Waals surface area contributed by atoms with Crippen molar-refractivity contribution in [3.63, 3.8) is 0 Å². The van der Waals surface area contributed by atoms with E-state index < -0.39 is 23.2 Å². The van der Waals surface area contributed by atoms with Crippen LogP contribution in [0.1, 0.15) is 36.8 Å². The zero-order valence-electron chi connectivity index (χ0n) is 11.3. The largest absolute Gasteiger partial charge is 0.416 e. The predicted octanol–water partition coefficient (Wildman–Crippen LogP) is 3.46. The Balaban J connectivity index is 1.79. The number of rotatable bonds is 2. The normalized spacial score (nSPS) is 32.4. The van der Waals surface area contributed by atoms with Gasteiger partial charge in [0.1, 0.15) is 5.82 Å². The van der Waals surface area contributed by atoms with Gasteiger partial charge in [-0.3, -0.25) is 0 Å². The van der Waals surface area contributed by atoms with Gasteiger partial charge < -0.3 is 9.84 Å². The first-order valence-corrected chi connectivity index (χ1v) is 6.99. The molecular weight excluding hydrogens is 288 g/mol. The fourth-order valence-corrected chi connectivity index (χ4v) is 3.38. The number of aliphatic hydroxyl groups is 1. The van der Waals surface area contributed by atoms with Gasteiger partial charge in [-0.1, -0.05) is 6.07 Å². The van der Waals surface area contributed by atoms with Crippen LogP contribution in [0, 0.1) is 5.82 Å². The number of hydrogen-bond donors (Lipinski definition) is 1. The quantitative estimate of drug-likeness (QED) is 0.848. The summed E-state index contributed by atoms with van der Waals surface area (Å²) in [4.78, 5) is 0. The molecule has 0 saturated carbocycles. The molecule has 21 heavy (non-hydrogen) atoms. The molecule has 2 atom stereocenters. The minimum Gasteiger partial charge on any atom is -0.389 e. The summed E-state index contributed by atoms with van der Waals surface area (Å²) in [5.74, 6) is -0.919. The van der Waals surface area contributed by atoms with E-state index >= 15 is 0 Å². The van der Waals surface area contributed by atoms with Crippen molar-refractivity contribution in [3.05, 3.63) is 35.1 Å². The van der Waals surface area contributed by atoms with E-state index in [0.29, 0.717) is 18.9 Å². The second-order valence-electron chi connectivity index (χ2n) is 6.07. The average Bonchev–Trinajstić information content (AvgIpc) is 2.70. The zero-order chi connectivity index (χ0) is 15.3. The molecule has 2 nitrogen and oxygen atoms in total. The van der Waals surface area contributed by atoms with Gasteiger partial charge in [0.15, 0.2) is 0 Å². The molecule has 1 aromatic carbocycles. The molecule has 0 radical (unpaired) electrons. The van der Waals surface area contributed by atoms with Gasteiger partial charge in [-0.25, -0.2) is 4.39 Å². The third-order valence-electron chi connectivity index (χ3n) is 4.31. The SMILES string of the molecule is OC1(Cc2ccc(C(F)(F)F)cc2F)CC2CCC(C1)O2. The molecule has 2 fully saturated rings. The molecular formula is C15H16F4O2. The van der Waals surface area contributed by atoms with Gasteiger partial charge in [-0.2, -0.15) is 13.2 Å². The van der Waals surface area contributed by atoms with Gasteiger partial charge in [0.25, 0.3) is 0 Å². The second kappa shape index (κ2) is 4.95. The number of fused-ring (bicyclic) bond motifs is 2. The first-order valence-electron chi connectivity index (χ1n) is 6.99. The van der Waals surface area contributed by atoms with E-state index in [9.17, 15) is 22.7 Å². The molecule has 2 aliphatic heterocycles. The molecule has 3 rings (SSSR count). The van der Waals surface area contributed by atoms with E-state index in [2.05, 4.69) is 0 Å². The van der Waals surface area contributed by atoms with Crippen molar-refractivity contribution in [1.29, 1.82) is 0 Å². The lowest BCUT2D eigenvalue weighted by molar-refractivity contribution is -0.137. The van der Waals surface area contributed by atoms with E-state index in [-0.39, 0.29) is 24.2 Å². The van der Waals surface area contributed by atoms with Gasteiger partial charge in [0, 0.05) is 19.3 Å². The lowest BCUT2D eigenvalue weighted by Gasteiger charge is -2.36. The van der Waals surface area contributed by atoms with E-state index in [1.165, 1.54) is 0 Å². The van der Waals surface area contributed by atoms with Crippen LogP contribution in [0.25, 0.3) is 0 Å². The maximum atomic E-state index is 13.9. The van der Waals surface area contributed by atoms with Gasteiger partial charge in [0.05, 0.1) is 23.4 Å². The van der Waals surface area contributed by atoms with Crippen LogP contribution in [-0.4, -0.2) is 22.9 Å². The van der Waals surface area contributed by atoms with Gasteiger partial charge >= 0.3 is 6.18 Å². The van der Waals surface area contributed by atoms with Crippen LogP contribution in [0.4, 0.5) is 17.6 Å². The van der Waals surface area contributed by atoms with Crippen molar-refractivity contribution < 1.29 is 27.4 Å². The highest BCUT2D eigenvalue weighted by Gasteiger charge is 2.44. The maximum absolute atomic E-state index is 13.9. The smallest absolute Gasteiger partial charge is 0.389 e. The minimum absolute atomic E-state index is 0.0212. The molecule has 0 aromatic heterocycles. The van der Waals surface area contributed by atoms with Gasteiger partial charge in [-0.15, -0.1) is 0 Å². The van der Waals surface area contributed by atoms with E-state index in [0.717, 1.165) is 25.0 Å². The molecule has 0 aliphatic carbocycles. The number of alkyl halides is 3. The minimum atomic E-state index is -4.56. The van der Waals surface area contributed by atoms with Crippen LogP contribution in [0.15, 0.2) is 18.2 Å². The molecule has 2 saturated heterocycles. The molecule has 6 heteroatoms. The molecule has 1 aromatic rings. The van der Waals surface area contributed by atoms with Crippen molar-refractivity contribution in [3.8, 4) is 0 Å². The van der Waals surface area contributed by atoms with Gasteiger partial charge in [-0.05, 0) is 30.5 Å². The summed E-state index contributed by atoms with van der Waals surface area (Å²) in [6.07, 6.45) is -2.02. The summed E-state index contributed by atoms with van der Waals surface area (Å²) in [5.41, 5.74) is -1.99. The van der Waals surface area contributed by atoms with Crippen LogP contribution in [-0.2, 0) is 17.3 Å². The fourth-order valence-electron chi connectivity index (χ4n) is 3.38. The Kier molecular flexibility index (Phi) is 3.48. The summed E-state index contributed by atoms with van der Waals surface area (Å²) in [7, 11) is 0. The molecule has 0 spiro atoms. The average molecular weight is 304 g/mol. The standard InChI is InChI=1S/C15H16F4O2/c16-13-5-10(15(17,18)19)2-1-9(13)6-14(20)7-11-3-4-12(8-14)21-11/h1-2,5,11-12,20H,3-4,6-8H2.